The van der Waals surface area contributed by atoms with Crippen molar-refractivity contribution in [3.8, 4) is 5.75 Å². The van der Waals surface area contributed by atoms with Gasteiger partial charge in [-0.1, -0.05) is 27.7 Å². The zero-order chi connectivity index (χ0) is 29.9. The number of carbonyl (C=O) groups is 3. The van der Waals surface area contributed by atoms with Crippen LogP contribution in [0.15, 0.2) is 17.0 Å². The molecule has 6 aliphatic carbocycles. The standard InChI is InChI=1S/C32H40O9S/c1-14(2)20-8-19(9-21(15(3)4)28(20)42(36,37)38)39-29(33)24-23-10-22-25(24)30(34)40-26(22)27(23)41-31(35)32-11-16-5-17(12-32)7-18(6-16)13-32/h8-9,14-18,22-27H,5-7,10-13H2,1-4H3,(H,36,37,38)/t16?,17?,18?,22?,23-,24?,25?,26?,27?,32?/m1/s1. The van der Waals surface area contributed by atoms with Crippen molar-refractivity contribution in [3.05, 3.63) is 23.3 Å². The maximum atomic E-state index is 13.8. The molecule has 0 amide bonds. The van der Waals surface area contributed by atoms with E-state index in [1.807, 2.05) is 0 Å². The lowest BCUT2D eigenvalue weighted by atomic mass is 9.49. The molecule has 6 saturated carbocycles. The van der Waals surface area contributed by atoms with Crippen LogP contribution in [-0.4, -0.2) is 43.1 Å². The Morgan fingerprint density at radius 3 is 1.98 bits per heavy atom. The monoisotopic (exact) mass is 600 g/mol. The van der Waals surface area contributed by atoms with Gasteiger partial charge in [0, 0.05) is 11.8 Å². The molecule has 1 aromatic rings. The third kappa shape index (κ3) is 4.25. The van der Waals surface area contributed by atoms with Gasteiger partial charge in [0.2, 0.25) is 0 Å². The predicted octanol–water partition coefficient (Wildman–Crippen LogP) is 5.02. The molecule has 1 saturated heterocycles. The van der Waals surface area contributed by atoms with Gasteiger partial charge in [-0.3, -0.25) is 18.9 Å². The average molecular weight is 601 g/mol. The van der Waals surface area contributed by atoms with Crippen molar-refractivity contribution in [3.63, 3.8) is 0 Å². The van der Waals surface area contributed by atoms with Crippen LogP contribution in [0, 0.1) is 46.8 Å². The molecule has 7 aliphatic rings. The number of benzene rings is 1. The first-order chi connectivity index (χ1) is 19.8. The summed E-state index contributed by atoms with van der Waals surface area (Å²) < 4.78 is 52.5. The van der Waals surface area contributed by atoms with Crippen LogP contribution in [-0.2, 0) is 34.0 Å². The molecule has 1 heterocycles. The van der Waals surface area contributed by atoms with Gasteiger partial charge in [-0.25, -0.2) is 0 Å². The number of carbonyl (C=O) groups excluding carboxylic acids is 3. The number of hydrogen-bond donors (Lipinski definition) is 1. The van der Waals surface area contributed by atoms with Crippen molar-refractivity contribution in [1.82, 2.24) is 0 Å². The van der Waals surface area contributed by atoms with Crippen LogP contribution in [0.5, 0.6) is 5.75 Å². The lowest BCUT2D eigenvalue weighted by Crippen LogP contribution is -2.53. The van der Waals surface area contributed by atoms with E-state index >= 15 is 0 Å². The molecule has 7 fully saturated rings. The molecule has 5 unspecified atom stereocenters. The summed E-state index contributed by atoms with van der Waals surface area (Å²) in [5, 5.41) is 0. The minimum absolute atomic E-state index is 0.160. The molecule has 9 nitrogen and oxygen atoms in total. The van der Waals surface area contributed by atoms with Gasteiger partial charge < -0.3 is 14.2 Å². The molecule has 0 spiro atoms. The lowest BCUT2D eigenvalue weighted by molar-refractivity contribution is -0.187. The molecule has 1 N–H and O–H groups in total. The Kier molecular flexibility index (Phi) is 6.42. The maximum Gasteiger partial charge on any atom is 0.315 e. The summed E-state index contributed by atoms with van der Waals surface area (Å²) in [5.41, 5.74) is 0.244. The minimum atomic E-state index is -4.52. The highest BCUT2D eigenvalue weighted by atomic mass is 32.2. The van der Waals surface area contributed by atoms with Crippen LogP contribution >= 0.6 is 0 Å². The topological polar surface area (TPSA) is 133 Å². The fourth-order valence-corrected chi connectivity index (χ4v) is 11.3. The van der Waals surface area contributed by atoms with E-state index in [9.17, 15) is 27.4 Å². The summed E-state index contributed by atoms with van der Waals surface area (Å²) >= 11 is 0. The van der Waals surface area contributed by atoms with Crippen molar-refractivity contribution in [2.24, 2.45) is 46.8 Å². The van der Waals surface area contributed by atoms with Crippen LogP contribution in [0.2, 0.25) is 0 Å². The molecular formula is C32H40O9S. The van der Waals surface area contributed by atoms with E-state index < -0.39 is 51.5 Å². The summed E-state index contributed by atoms with van der Waals surface area (Å²) in [6.07, 6.45) is 5.58. The Hall–Kier alpha value is -2.46. The third-order valence-electron chi connectivity index (χ3n) is 11.4. The van der Waals surface area contributed by atoms with Crippen LogP contribution < -0.4 is 4.74 Å². The lowest BCUT2D eigenvalue weighted by Gasteiger charge is -2.55. The third-order valence-corrected chi connectivity index (χ3v) is 12.4. The molecule has 6 atom stereocenters. The van der Waals surface area contributed by atoms with Crippen LogP contribution in [0.1, 0.15) is 95.6 Å². The Labute approximate surface area is 246 Å². The number of rotatable bonds is 7. The predicted molar refractivity (Wildman–Crippen MR) is 149 cm³/mol. The van der Waals surface area contributed by atoms with E-state index in [1.54, 1.807) is 27.7 Å². The van der Waals surface area contributed by atoms with E-state index in [4.69, 9.17) is 14.2 Å². The van der Waals surface area contributed by atoms with Crippen LogP contribution in [0.4, 0.5) is 0 Å². The SMILES string of the molecule is CC(C)c1cc(OC(=O)C2C3C(=O)OC4C3C[C@H]2C4OC(=O)C23CC4CC(CC(C4)C2)C3)cc(C(C)C)c1S(=O)(=O)O. The first-order valence-corrected chi connectivity index (χ1v) is 17.0. The summed E-state index contributed by atoms with van der Waals surface area (Å²) in [5.74, 6) is -1.94. The molecule has 0 radical (unpaired) electrons. The number of hydrogen-bond acceptors (Lipinski definition) is 8. The van der Waals surface area contributed by atoms with Crippen molar-refractivity contribution < 1.29 is 41.6 Å². The first kappa shape index (κ1) is 28.3. The molecule has 1 aliphatic heterocycles. The summed E-state index contributed by atoms with van der Waals surface area (Å²) in [4.78, 5) is 40.4. The number of ether oxygens (including phenoxy) is 3. The normalized spacial score (nSPS) is 39.3. The van der Waals surface area contributed by atoms with E-state index in [-0.39, 0.29) is 40.3 Å². The van der Waals surface area contributed by atoms with Crippen LogP contribution in [0.25, 0.3) is 0 Å². The van der Waals surface area contributed by atoms with Crippen molar-refractivity contribution >= 4 is 28.0 Å². The second-order valence-corrected chi connectivity index (χ2v) is 16.1. The summed E-state index contributed by atoms with van der Waals surface area (Å²) in [7, 11) is -4.52. The molecular weight excluding hydrogens is 560 g/mol. The zero-order valence-electron chi connectivity index (χ0n) is 24.6. The van der Waals surface area contributed by atoms with Crippen molar-refractivity contribution in [1.29, 1.82) is 0 Å². The fourth-order valence-electron chi connectivity index (χ4n) is 10.1. The summed E-state index contributed by atoms with van der Waals surface area (Å²) in [6, 6.07) is 2.95. The fraction of sp³-hybridized carbons (Fsp3) is 0.719. The van der Waals surface area contributed by atoms with Gasteiger partial charge in [-0.05, 0) is 97.8 Å². The largest absolute Gasteiger partial charge is 0.458 e. The Morgan fingerprint density at radius 1 is 0.929 bits per heavy atom. The number of fused-ring (bicyclic) bond motifs is 1. The highest BCUT2D eigenvalue weighted by molar-refractivity contribution is 7.86. The van der Waals surface area contributed by atoms with E-state index in [0.29, 0.717) is 35.3 Å². The first-order valence-electron chi connectivity index (χ1n) is 15.5. The maximum absolute atomic E-state index is 13.8. The van der Waals surface area contributed by atoms with Crippen LogP contribution in [0.3, 0.4) is 0 Å². The molecule has 8 rings (SSSR count). The summed E-state index contributed by atoms with van der Waals surface area (Å²) in [6.45, 7) is 7.19. The number of esters is 3. The minimum Gasteiger partial charge on any atom is -0.458 e. The van der Waals surface area contributed by atoms with Gasteiger partial charge in [-0.15, -0.1) is 0 Å². The van der Waals surface area contributed by atoms with E-state index in [0.717, 1.165) is 19.3 Å². The zero-order valence-corrected chi connectivity index (χ0v) is 25.4. The highest BCUT2D eigenvalue weighted by Gasteiger charge is 2.71. The van der Waals surface area contributed by atoms with Crippen molar-refractivity contribution in [2.75, 3.05) is 0 Å². The quantitative estimate of drug-likeness (QED) is 0.260. The van der Waals surface area contributed by atoms with Gasteiger partial charge in [0.15, 0.2) is 0 Å². The van der Waals surface area contributed by atoms with E-state index in [1.165, 1.54) is 31.4 Å². The molecule has 6 bridgehead atoms. The smallest absolute Gasteiger partial charge is 0.315 e. The van der Waals surface area contributed by atoms with Gasteiger partial charge in [0.05, 0.1) is 17.3 Å². The molecule has 42 heavy (non-hydrogen) atoms. The Morgan fingerprint density at radius 2 is 1.48 bits per heavy atom. The average Bonchev–Trinajstić information content (AvgIpc) is 3.50. The van der Waals surface area contributed by atoms with Gasteiger partial charge in [0.1, 0.15) is 22.9 Å². The highest BCUT2D eigenvalue weighted by Crippen LogP contribution is 2.62. The van der Waals surface area contributed by atoms with Gasteiger partial charge in [-0.2, -0.15) is 8.42 Å². The van der Waals surface area contributed by atoms with E-state index in [2.05, 4.69) is 0 Å². The van der Waals surface area contributed by atoms with Crippen molar-refractivity contribution in [2.45, 2.75) is 102 Å². The van der Waals surface area contributed by atoms with Gasteiger partial charge in [0.25, 0.3) is 10.1 Å². The Balaban J connectivity index is 1.15. The molecule has 0 aromatic heterocycles. The van der Waals surface area contributed by atoms with Gasteiger partial charge >= 0.3 is 17.9 Å². The Bertz CT molecular complexity index is 1400. The molecule has 1 aromatic carbocycles. The second-order valence-electron chi connectivity index (χ2n) is 14.7. The second kappa shape index (κ2) is 9.52. The molecule has 10 heteroatoms. The molecule has 228 valence electrons.